The summed E-state index contributed by atoms with van der Waals surface area (Å²) in [7, 11) is 0. The van der Waals surface area contributed by atoms with Gasteiger partial charge in [0.05, 0.1) is 20.5 Å². The van der Waals surface area contributed by atoms with E-state index in [2.05, 4.69) is 0 Å². The summed E-state index contributed by atoms with van der Waals surface area (Å²) in [5.41, 5.74) is 0.0185. The second-order valence-corrected chi connectivity index (χ2v) is 9.05. The first-order valence-corrected chi connectivity index (χ1v) is 12.0. The number of amides is 3. The van der Waals surface area contributed by atoms with E-state index < -0.39 is 40.9 Å². The van der Waals surface area contributed by atoms with Gasteiger partial charge in [0.1, 0.15) is 12.3 Å². The number of ether oxygens (including phenoxy) is 1. The van der Waals surface area contributed by atoms with Gasteiger partial charge in [-0.15, -0.1) is 0 Å². The smallest absolute Gasteiger partial charge is 0.343 e. The van der Waals surface area contributed by atoms with Crippen LogP contribution in [0.5, 0.6) is 5.75 Å². The van der Waals surface area contributed by atoms with Crippen molar-refractivity contribution in [2.24, 2.45) is 0 Å². The summed E-state index contributed by atoms with van der Waals surface area (Å²) < 4.78 is 5.24. The first kappa shape index (κ1) is 27.4. The fraction of sp³-hybridized carbons (Fsp3) is 0.115. The molecule has 13 heteroatoms. The van der Waals surface area contributed by atoms with Gasteiger partial charge < -0.3 is 4.74 Å². The molecule has 3 aromatic carbocycles. The molecule has 0 N–H and O–H groups in total. The van der Waals surface area contributed by atoms with Gasteiger partial charge in [0.25, 0.3) is 11.6 Å². The fourth-order valence-electron chi connectivity index (χ4n) is 3.67. The lowest BCUT2D eigenvalue weighted by atomic mass is 10.1. The van der Waals surface area contributed by atoms with Crippen molar-refractivity contribution in [3.8, 4) is 5.75 Å². The van der Waals surface area contributed by atoms with Gasteiger partial charge in [-0.3, -0.25) is 29.3 Å². The van der Waals surface area contributed by atoms with Crippen molar-refractivity contribution in [2.75, 3.05) is 6.54 Å². The predicted octanol–water partition coefficient (Wildman–Crippen LogP) is 4.51. The maximum atomic E-state index is 13.3. The van der Waals surface area contributed by atoms with Crippen LogP contribution in [0.3, 0.4) is 0 Å². The zero-order chi connectivity index (χ0) is 28.3. The number of rotatable bonds is 8. The number of carbonyl (C=O) groups is 5. The Labute approximate surface area is 230 Å². The Hall–Kier alpha value is -4.61. The summed E-state index contributed by atoms with van der Waals surface area (Å²) in [5.74, 6) is -3.36. The van der Waals surface area contributed by atoms with Gasteiger partial charge in [0.2, 0.25) is 11.8 Å². The molecule has 198 valence electrons. The van der Waals surface area contributed by atoms with Gasteiger partial charge >= 0.3 is 5.97 Å². The quantitative estimate of drug-likeness (QED) is 0.0961. The number of esters is 1. The predicted molar refractivity (Wildman–Crippen MR) is 137 cm³/mol. The van der Waals surface area contributed by atoms with E-state index in [9.17, 15) is 34.1 Å². The summed E-state index contributed by atoms with van der Waals surface area (Å²) in [6.07, 6.45) is -0.208. The molecule has 1 heterocycles. The molecule has 4 rings (SSSR count). The van der Waals surface area contributed by atoms with Crippen molar-refractivity contribution in [3.05, 3.63) is 104 Å². The number of Topliss-reactive ketones (excluding diaryl/α,β-unsaturated/α-hetero) is 1. The number of hydrazine groups is 1. The number of non-ortho nitro benzene ring substituents is 1. The maximum absolute atomic E-state index is 13.3. The highest BCUT2D eigenvalue weighted by Gasteiger charge is 2.38. The van der Waals surface area contributed by atoms with Crippen molar-refractivity contribution >= 4 is 58.4 Å². The number of hydrogen-bond acceptors (Lipinski definition) is 8. The van der Waals surface area contributed by atoms with Crippen molar-refractivity contribution in [3.63, 3.8) is 0 Å². The normalized spacial score (nSPS) is 12.8. The van der Waals surface area contributed by atoms with Gasteiger partial charge in [-0.1, -0.05) is 23.2 Å². The van der Waals surface area contributed by atoms with Gasteiger partial charge in [-0.25, -0.2) is 9.80 Å². The number of nitro groups is 1. The minimum absolute atomic E-state index is 0.0122. The molecule has 0 atom stereocenters. The van der Waals surface area contributed by atoms with Gasteiger partial charge in [-0.05, 0) is 54.6 Å². The average molecular weight is 570 g/mol. The van der Waals surface area contributed by atoms with E-state index in [0.717, 1.165) is 5.01 Å². The molecule has 1 aliphatic heterocycles. The lowest BCUT2D eigenvalue weighted by molar-refractivity contribution is -0.384. The van der Waals surface area contributed by atoms with Crippen LogP contribution in [0.1, 0.15) is 43.9 Å². The highest BCUT2D eigenvalue weighted by atomic mass is 35.5. The van der Waals surface area contributed by atoms with Crippen LogP contribution in [0.25, 0.3) is 0 Å². The Balaban J connectivity index is 1.50. The molecule has 11 nitrogen and oxygen atoms in total. The third kappa shape index (κ3) is 6.11. The van der Waals surface area contributed by atoms with Crippen LogP contribution in [0.4, 0.5) is 5.69 Å². The topological polar surface area (TPSA) is 144 Å². The SMILES string of the molecule is O=C(CN(C(=O)c1ccc(Cl)c(Cl)c1)N1C(=O)CCC1=O)c1ccc(OC(=O)c2ccc([N+](=O)[O-])cc2)cc1. The summed E-state index contributed by atoms with van der Waals surface area (Å²) in [6.45, 7) is -0.640. The summed E-state index contributed by atoms with van der Waals surface area (Å²) in [4.78, 5) is 73.6. The molecule has 0 radical (unpaired) electrons. The molecule has 0 saturated carbocycles. The zero-order valence-electron chi connectivity index (χ0n) is 19.8. The molecule has 0 spiro atoms. The summed E-state index contributed by atoms with van der Waals surface area (Å²) in [6, 6.07) is 14.2. The van der Waals surface area contributed by atoms with Crippen LogP contribution in [0, 0.1) is 10.1 Å². The minimum atomic E-state index is -0.806. The number of nitro benzene ring substituents is 1. The Kier molecular flexibility index (Phi) is 8.03. The first-order valence-electron chi connectivity index (χ1n) is 11.3. The summed E-state index contributed by atoms with van der Waals surface area (Å²) in [5, 5.41) is 12.5. The zero-order valence-corrected chi connectivity index (χ0v) is 21.3. The van der Waals surface area contributed by atoms with Crippen LogP contribution >= 0.6 is 23.2 Å². The highest BCUT2D eigenvalue weighted by Crippen LogP contribution is 2.25. The Morgan fingerprint density at radius 1 is 0.846 bits per heavy atom. The van der Waals surface area contributed by atoms with Crippen LogP contribution in [-0.2, 0) is 9.59 Å². The Morgan fingerprint density at radius 2 is 1.41 bits per heavy atom. The fourth-order valence-corrected chi connectivity index (χ4v) is 3.97. The third-order valence-electron chi connectivity index (χ3n) is 5.66. The molecule has 0 unspecified atom stereocenters. The standard InChI is InChI=1S/C26H17Cl2N3O8/c27-20-10-5-17(13-21(20)28)25(35)29(30-23(33)11-12-24(30)34)14-22(32)15-3-8-19(9-4-15)39-26(36)16-1-6-18(7-2-16)31(37)38/h1-10,13H,11-12,14H2. The summed E-state index contributed by atoms with van der Waals surface area (Å²) >= 11 is 11.9. The number of benzene rings is 3. The lowest BCUT2D eigenvalue weighted by Crippen LogP contribution is -2.51. The maximum Gasteiger partial charge on any atom is 0.343 e. The number of ketones is 1. The number of hydrogen-bond donors (Lipinski definition) is 0. The van der Waals surface area contributed by atoms with Crippen LogP contribution in [-0.4, -0.2) is 51.0 Å². The van der Waals surface area contributed by atoms with Gasteiger partial charge in [-0.2, -0.15) is 5.01 Å². The minimum Gasteiger partial charge on any atom is -0.423 e. The van der Waals surface area contributed by atoms with E-state index in [1.807, 2.05) is 0 Å². The van der Waals surface area contributed by atoms with E-state index in [1.54, 1.807) is 0 Å². The van der Waals surface area contributed by atoms with Gasteiger partial charge in [0, 0.05) is 36.1 Å². The second kappa shape index (κ2) is 11.4. The Morgan fingerprint density at radius 3 is 1.97 bits per heavy atom. The molecule has 3 aromatic rings. The molecular weight excluding hydrogens is 553 g/mol. The molecule has 1 fully saturated rings. The number of nitrogens with zero attached hydrogens (tertiary/aromatic N) is 3. The van der Waals surface area contributed by atoms with Crippen molar-refractivity contribution in [1.29, 1.82) is 0 Å². The molecule has 3 amide bonds. The first-order chi connectivity index (χ1) is 18.5. The third-order valence-corrected chi connectivity index (χ3v) is 6.40. The number of halogens is 2. The Bertz CT molecular complexity index is 1490. The molecule has 0 aliphatic carbocycles. The van der Waals surface area contributed by atoms with E-state index in [-0.39, 0.29) is 51.0 Å². The number of imide groups is 1. The molecule has 0 bridgehead atoms. The van der Waals surface area contributed by atoms with E-state index >= 15 is 0 Å². The van der Waals surface area contributed by atoms with Crippen molar-refractivity contribution in [2.45, 2.75) is 12.8 Å². The molecular formula is C26H17Cl2N3O8. The lowest BCUT2D eigenvalue weighted by Gasteiger charge is -2.29. The molecule has 1 aliphatic rings. The van der Waals surface area contributed by atoms with E-state index in [0.29, 0.717) is 5.01 Å². The van der Waals surface area contributed by atoms with Crippen LogP contribution in [0.2, 0.25) is 10.0 Å². The van der Waals surface area contributed by atoms with Crippen molar-refractivity contribution < 1.29 is 33.6 Å². The van der Waals surface area contributed by atoms with E-state index in [1.165, 1.54) is 66.7 Å². The highest BCUT2D eigenvalue weighted by molar-refractivity contribution is 6.42. The molecule has 39 heavy (non-hydrogen) atoms. The number of carbonyl (C=O) groups excluding carboxylic acids is 5. The monoisotopic (exact) mass is 569 g/mol. The van der Waals surface area contributed by atoms with Crippen LogP contribution in [0.15, 0.2) is 66.7 Å². The second-order valence-electron chi connectivity index (χ2n) is 8.23. The van der Waals surface area contributed by atoms with Crippen LogP contribution < -0.4 is 4.74 Å². The average Bonchev–Trinajstić information content (AvgIpc) is 3.26. The molecule has 0 aromatic heterocycles. The van der Waals surface area contributed by atoms with Crippen molar-refractivity contribution in [1.82, 2.24) is 10.0 Å². The molecule has 1 saturated heterocycles. The van der Waals surface area contributed by atoms with Gasteiger partial charge in [0.15, 0.2) is 5.78 Å². The largest absolute Gasteiger partial charge is 0.423 e. The van der Waals surface area contributed by atoms with E-state index in [4.69, 9.17) is 27.9 Å².